The molecule has 1 fully saturated rings. The topological polar surface area (TPSA) is 59.4 Å². The molecule has 0 saturated heterocycles. The fraction of sp³-hybridized carbons (Fsp3) is 0.400. The number of aliphatic carboxylic acids is 1. The van der Waals surface area contributed by atoms with Crippen LogP contribution in [0.4, 0.5) is 8.78 Å². The first kappa shape index (κ1) is 18.3. The van der Waals surface area contributed by atoms with Crippen LogP contribution < -0.4 is 4.74 Å². The number of hydrogen-bond acceptors (Lipinski definition) is 3. The third kappa shape index (κ3) is 4.56. The van der Waals surface area contributed by atoms with Gasteiger partial charge in [0.15, 0.2) is 0 Å². The number of ether oxygens (including phenoxy) is 1. The molecule has 6 heteroatoms. The lowest BCUT2D eigenvalue weighted by molar-refractivity contribution is -0.137. The standard InChI is InChI=1S/C20H21F2NO3/c21-20(22,13-3-8-19(24)25)15-11-9-14(10-12-15)17-6-2-7-18(23-17)26-16-4-1-5-16/h2,6-7,9-12,16H,1,3-5,8,13H2,(H,24,25). The number of alkyl halides is 2. The molecule has 138 valence electrons. The Balaban J connectivity index is 1.68. The molecule has 2 aromatic rings. The molecule has 0 radical (unpaired) electrons. The van der Waals surface area contributed by atoms with Crippen molar-refractivity contribution in [2.75, 3.05) is 0 Å². The number of hydrogen-bond donors (Lipinski definition) is 1. The van der Waals surface area contributed by atoms with Crippen molar-refractivity contribution in [2.45, 2.75) is 50.6 Å². The first-order valence-electron chi connectivity index (χ1n) is 8.78. The molecule has 1 aliphatic carbocycles. The second-order valence-electron chi connectivity index (χ2n) is 6.56. The smallest absolute Gasteiger partial charge is 0.303 e. The largest absolute Gasteiger partial charge is 0.481 e. The van der Waals surface area contributed by atoms with Crippen LogP contribution in [0, 0.1) is 0 Å². The number of aromatic nitrogens is 1. The highest BCUT2D eigenvalue weighted by Gasteiger charge is 2.31. The highest BCUT2D eigenvalue weighted by Crippen LogP contribution is 2.34. The van der Waals surface area contributed by atoms with E-state index in [-0.39, 0.29) is 24.5 Å². The lowest BCUT2D eigenvalue weighted by atomic mass is 9.96. The van der Waals surface area contributed by atoms with Gasteiger partial charge < -0.3 is 9.84 Å². The minimum atomic E-state index is -3.05. The quantitative estimate of drug-likeness (QED) is 0.717. The van der Waals surface area contributed by atoms with Gasteiger partial charge in [0.25, 0.3) is 5.92 Å². The molecule has 1 saturated carbocycles. The number of halogens is 2. The summed E-state index contributed by atoms with van der Waals surface area (Å²) in [4.78, 5) is 14.9. The van der Waals surface area contributed by atoms with Crippen molar-refractivity contribution in [3.63, 3.8) is 0 Å². The molecule has 3 rings (SSSR count). The number of carbonyl (C=O) groups is 1. The summed E-state index contributed by atoms with van der Waals surface area (Å²) in [5.41, 5.74) is 1.28. The minimum Gasteiger partial charge on any atom is -0.481 e. The molecule has 0 spiro atoms. The van der Waals surface area contributed by atoms with Crippen molar-refractivity contribution in [3.05, 3.63) is 48.0 Å². The normalized spacial score (nSPS) is 14.7. The van der Waals surface area contributed by atoms with Gasteiger partial charge in [-0.05, 0) is 31.7 Å². The van der Waals surface area contributed by atoms with E-state index in [0.717, 1.165) is 18.4 Å². The Hall–Kier alpha value is -2.50. The predicted octanol–water partition coefficient (Wildman–Crippen LogP) is 5.03. The second kappa shape index (κ2) is 7.81. The molecule has 1 aromatic heterocycles. The Morgan fingerprint density at radius 3 is 2.54 bits per heavy atom. The summed E-state index contributed by atoms with van der Waals surface area (Å²) in [5.74, 6) is -3.56. The highest BCUT2D eigenvalue weighted by molar-refractivity contribution is 5.66. The first-order valence-corrected chi connectivity index (χ1v) is 8.78. The average molecular weight is 361 g/mol. The van der Waals surface area contributed by atoms with Crippen molar-refractivity contribution >= 4 is 5.97 Å². The Morgan fingerprint density at radius 1 is 1.19 bits per heavy atom. The van der Waals surface area contributed by atoms with Gasteiger partial charge in [0, 0.05) is 30.0 Å². The lowest BCUT2D eigenvalue weighted by Gasteiger charge is -2.25. The Labute approximate surface area is 150 Å². The zero-order chi connectivity index (χ0) is 18.6. The van der Waals surface area contributed by atoms with Crippen LogP contribution in [0.1, 0.15) is 44.1 Å². The Morgan fingerprint density at radius 2 is 1.92 bits per heavy atom. The molecule has 0 aliphatic heterocycles. The van der Waals surface area contributed by atoms with E-state index in [0.29, 0.717) is 11.6 Å². The minimum absolute atomic E-state index is 0.0633. The van der Waals surface area contributed by atoms with E-state index in [1.54, 1.807) is 18.2 Å². The van der Waals surface area contributed by atoms with Crippen LogP contribution >= 0.6 is 0 Å². The number of carboxylic acid groups (broad SMARTS) is 1. The van der Waals surface area contributed by atoms with Gasteiger partial charge in [0.1, 0.15) is 6.10 Å². The molecule has 1 heterocycles. The molecule has 1 aliphatic rings. The summed E-state index contributed by atoms with van der Waals surface area (Å²) in [6.07, 6.45) is 2.67. The summed E-state index contributed by atoms with van der Waals surface area (Å²) in [7, 11) is 0. The summed E-state index contributed by atoms with van der Waals surface area (Å²) >= 11 is 0. The van der Waals surface area contributed by atoms with Crippen molar-refractivity contribution in [1.29, 1.82) is 0 Å². The molecule has 0 atom stereocenters. The number of nitrogens with zero attached hydrogens (tertiary/aromatic N) is 1. The van der Waals surface area contributed by atoms with Gasteiger partial charge in [-0.15, -0.1) is 0 Å². The number of benzene rings is 1. The van der Waals surface area contributed by atoms with E-state index in [4.69, 9.17) is 9.84 Å². The molecular formula is C20H21F2NO3. The van der Waals surface area contributed by atoms with E-state index in [1.807, 2.05) is 12.1 Å². The number of pyridine rings is 1. The predicted molar refractivity (Wildman–Crippen MR) is 93.3 cm³/mol. The third-order valence-corrected chi connectivity index (χ3v) is 4.55. The summed E-state index contributed by atoms with van der Waals surface area (Å²) in [6.45, 7) is 0. The molecule has 1 aromatic carbocycles. The van der Waals surface area contributed by atoms with Gasteiger partial charge in [0.05, 0.1) is 5.69 Å². The van der Waals surface area contributed by atoms with Crippen molar-refractivity contribution in [3.8, 4) is 17.1 Å². The molecule has 0 unspecified atom stereocenters. The molecule has 26 heavy (non-hydrogen) atoms. The maximum absolute atomic E-state index is 14.2. The van der Waals surface area contributed by atoms with Crippen LogP contribution in [0.15, 0.2) is 42.5 Å². The summed E-state index contributed by atoms with van der Waals surface area (Å²) < 4.78 is 34.1. The first-order chi connectivity index (χ1) is 12.4. The average Bonchev–Trinajstić information content (AvgIpc) is 2.58. The molecule has 0 bridgehead atoms. The number of carboxylic acids is 1. The zero-order valence-electron chi connectivity index (χ0n) is 14.3. The molecule has 4 nitrogen and oxygen atoms in total. The van der Waals surface area contributed by atoms with Gasteiger partial charge in [-0.3, -0.25) is 4.79 Å². The second-order valence-corrected chi connectivity index (χ2v) is 6.56. The lowest BCUT2D eigenvalue weighted by Crippen LogP contribution is -2.24. The van der Waals surface area contributed by atoms with Crippen LogP contribution in [0.5, 0.6) is 5.88 Å². The van der Waals surface area contributed by atoms with Gasteiger partial charge in [0.2, 0.25) is 5.88 Å². The van der Waals surface area contributed by atoms with E-state index in [2.05, 4.69) is 4.98 Å². The van der Waals surface area contributed by atoms with Gasteiger partial charge in [-0.1, -0.05) is 30.3 Å². The number of rotatable bonds is 8. The van der Waals surface area contributed by atoms with E-state index in [9.17, 15) is 13.6 Å². The van der Waals surface area contributed by atoms with Crippen LogP contribution in [0.3, 0.4) is 0 Å². The maximum atomic E-state index is 14.2. The molecular weight excluding hydrogens is 340 g/mol. The third-order valence-electron chi connectivity index (χ3n) is 4.55. The van der Waals surface area contributed by atoms with Crippen molar-refractivity contribution in [1.82, 2.24) is 4.98 Å². The van der Waals surface area contributed by atoms with Gasteiger partial charge in [-0.25, -0.2) is 13.8 Å². The van der Waals surface area contributed by atoms with Crippen molar-refractivity contribution in [2.24, 2.45) is 0 Å². The van der Waals surface area contributed by atoms with E-state index in [1.165, 1.54) is 18.6 Å². The molecule has 1 N–H and O–H groups in total. The van der Waals surface area contributed by atoms with E-state index < -0.39 is 18.3 Å². The Bertz CT molecular complexity index is 758. The van der Waals surface area contributed by atoms with Crippen molar-refractivity contribution < 1.29 is 23.4 Å². The van der Waals surface area contributed by atoms with Crippen LogP contribution in [0.2, 0.25) is 0 Å². The summed E-state index contributed by atoms with van der Waals surface area (Å²) in [6, 6.07) is 11.4. The SMILES string of the molecule is O=C(O)CCCC(F)(F)c1ccc(-c2cccc(OC3CCC3)n2)cc1. The fourth-order valence-electron chi connectivity index (χ4n) is 2.79. The van der Waals surface area contributed by atoms with Crippen LogP contribution in [0.25, 0.3) is 11.3 Å². The Kier molecular flexibility index (Phi) is 5.49. The van der Waals surface area contributed by atoms with E-state index >= 15 is 0 Å². The van der Waals surface area contributed by atoms with Crippen LogP contribution in [-0.4, -0.2) is 22.2 Å². The highest BCUT2D eigenvalue weighted by atomic mass is 19.3. The van der Waals surface area contributed by atoms with Gasteiger partial charge in [-0.2, -0.15) is 0 Å². The molecule has 0 amide bonds. The van der Waals surface area contributed by atoms with Crippen LogP contribution in [-0.2, 0) is 10.7 Å². The van der Waals surface area contributed by atoms with Gasteiger partial charge >= 0.3 is 5.97 Å². The zero-order valence-corrected chi connectivity index (χ0v) is 14.3. The summed E-state index contributed by atoms with van der Waals surface area (Å²) in [5, 5.41) is 8.58. The fourth-order valence-corrected chi connectivity index (χ4v) is 2.79. The maximum Gasteiger partial charge on any atom is 0.303 e. The monoisotopic (exact) mass is 361 g/mol.